The van der Waals surface area contributed by atoms with Crippen molar-refractivity contribution in [1.82, 2.24) is 0 Å². The van der Waals surface area contributed by atoms with Gasteiger partial charge >= 0.3 is 11.9 Å². The summed E-state index contributed by atoms with van der Waals surface area (Å²) in [4.78, 5) is 42.3. The molecule has 5 heteroatoms. The summed E-state index contributed by atoms with van der Waals surface area (Å²) in [6, 6.07) is 0. The van der Waals surface area contributed by atoms with Gasteiger partial charge < -0.3 is 9.84 Å². The van der Waals surface area contributed by atoms with Gasteiger partial charge in [-0.15, -0.1) is 0 Å². The molecule has 19 atom stereocenters. The SMILES string of the molecule is C[C@H]1[C@H](C)CC[C@]2(C(=O)O)CC[C@]3(C)C(=CC[C@@H]4[C@@]5(C)CC[C@H](OC(=O)[C@]67CC[C@@H](C)[C@H](C)[C@H]6C6=CCC8[C@@]9(C)CCC(=O)C(C)(C)C9CC[C@@]8(C)[C@]6(C)CC7)C(C)(C)C5CC[C@]43C)[C@H]12. The molecule has 8 fully saturated rings. The number of aliphatic carboxylic acids is 1. The summed E-state index contributed by atoms with van der Waals surface area (Å²) in [5.74, 6) is 4.26. The number of Topliss-reactive ketones (excluding diaryl/α,β-unsaturated/α-hetero) is 1. The molecular formula is C60H92O5. The first kappa shape index (κ1) is 46.8. The second kappa shape index (κ2) is 14.3. The first-order valence-electron chi connectivity index (χ1n) is 27.6. The molecule has 10 rings (SSSR count). The Labute approximate surface area is 395 Å². The van der Waals surface area contributed by atoms with Gasteiger partial charge in [0.05, 0.1) is 10.8 Å². The molecule has 0 aliphatic heterocycles. The zero-order valence-electron chi connectivity index (χ0n) is 43.8. The smallest absolute Gasteiger partial charge is 0.312 e. The predicted molar refractivity (Wildman–Crippen MR) is 260 cm³/mol. The van der Waals surface area contributed by atoms with Gasteiger partial charge in [-0.05, 0) is 201 Å². The van der Waals surface area contributed by atoms with E-state index in [1.54, 1.807) is 5.57 Å². The number of rotatable bonds is 3. The molecule has 0 saturated heterocycles. The molecule has 0 aromatic rings. The minimum absolute atomic E-state index is 0.00126. The van der Waals surface area contributed by atoms with Crippen molar-refractivity contribution in [2.75, 3.05) is 0 Å². The quantitative estimate of drug-likeness (QED) is 0.225. The normalized spacial score (nSPS) is 55.1. The van der Waals surface area contributed by atoms with Crippen molar-refractivity contribution >= 4 is 17.7 Å². The number of fused-ring (bicyclic) bond motifs is 14. The lowest BCUT2D eigenvalue weighted by Crippen LogP contribution is -2.66. The van der Waals surface area contributed by atoms with Crippen LogP contribution >= 0.6 is 0 Å². The van der Waals surface area contributed by atoms with E-state index in [4.69, 9.17) is 4.74 Å². The van der Waals surface area contributed by atoms with E-state index in [1.165, 1.54) is 12.0 Å². The lowest BCUT2D eigenvalue weighted by atomic mass is 9.33. The average molecular weight is 893 g/mol. The van der Waals surface area contributed by atoms with Gasteiger partial charge in [0.15, 0.2) is 0 Å². The van der Waals surface area contributed by atoms with Crippen molar-refractivity contribution in [2.45, 2.75) is 219 Å². The molecule has 3 unspecified atom stereocenters. The second-order valence-electron chi connectivity index (χ2n) is 28.8. The van der Waals surface area contributed by atoms with Crippen LogP contribution in [-0.4, -0.2) is 28.9 Å². The van der Waals surface area contributed by atoms with Crippen molar-refractivity contribution in [1.29, 1.82) is 0 Å². The molecule has 65 heavy (non-hydrogen) atoms. The number of esters is 1. The van der Waals surface area contributed by atoms with Gasteiger partial charge in [0.25, 0.3) is 0 Å². The monoisotopic (exact) mass is 893 g/mol. The maximum Gasteiger partial charge on any atom is 0.312 e. The van der Waals surface area contributed by atoms with Gasteiger partial charge in [-0.25, -0.2) is 0 Å². The average Bonchev–Trinajstić information content (AvgIpc) is 3.23. The first-order chi connectivity index (χ1) is 30.2. The molecule has 5 nitrogen and oxygen atoms in total. The number of carboxylic acid groups (broad SMARTS) is 1. The highest BCUT2D eigenvalue weighted by Gasteiger charge is 2.72. The van der Waals surface area contributed by atoms with Gasteiger partial charge in [-0.1, -0.05) is 120 Å². The van der Waals surface area contributed by atoms with Crippen molar-refractivity contribution in [3.63, 3.8) is 0 Å². The highest BCUT2D eigenvalue weighted by atomic mass is 16.5. The molecule has 10 aliphatic rings. The third-order valence-electron chi connectivity index (χ3n) is 26.7. The van der Waals surface area contributed by atoms with E-state index in [0.717, 1.165) is 109 Å². The van der Waals surface area contributed by atoms with Gasteiger partial charge in [0, 0.05) is 17.3 Å². The number of carbonyl (C=O) groups excluding carboxylic acids is 2. The van der Waals surface area contributed by atoms with Gasteiger partial charge in [0.1, 0.15) is 11.9 Å². The Morgan fingerprint density at radius 1 is 0.554 bits per heavy atom. The Hall–Kier alpha value is -1.91. The summed E-state index contributed by atoms with van der Waals surface area (Å²) in [7, 11) is 0. The van der Waals surface area contributed by atoms with E-state index in [2.05, 4.69) is 109 Å². The molecule has 0 spiro atoms. The maximum absolute atomic E-state index is 15.7. The van der Waals surface area contributed by atoms with E-state index in [1.807, 2.05) is 0 Å². The molecule has 1 N–H and O–H groups in total. The fraction of sp³-hybridized carbons (Fsp3) is 0.883. The van der Waals surface area contributed by atoms with Crippen molar-refractivity contribution in [2.24, 2.45) is 113 Å². The molecule has 0 amide bonds. The minimum atomic E-state index is -0.615. The van der Waals surface area contributed by atoms with Crippen LogP contribution < -0.4 is 0 Å². The standard InChI is InChI=1S/C60H92O5/c1-35-19-29-59(49(62)63)33-31-55(11)39(47(59)37(35)3)15-17-44-54(10)26-24-46(52(7,8)42(54)22-28-58(44,55)14)65-50(64)60-30-20-36(2)38(4)48(60)40-16-18-43-53(9)25-23-45(61)51(5,6)41(53)21-27-57(43,13)56(40,12)32-34-60/h15-16,35-38,41-44,46-48H,17-34H2,1-14H3,(H,62,63)/t35-,36-,37+,38+,41?,42?,43?,44-,46+,47+,48+,53+,54+,55-,56-,57-,58-,59+,60+/m1/s1. The number of allylic oxidation sites excluding steroid dienone is 4. The molecule has 0 bridgehead atoms. The van der Waals surface area contributed by atoms with E-state index < -0.39 is 16.8 Å². The van der Waals surface area contributed by atoms with Crippen LogP contribution in [0.2, 0.25) is 0 Å². The van der Waals surface area contributed by atoms with Crippen molar-refractivity contribution in [3.8, 4) is 0 Å². The number of hydrogen-bond donors (Lipinski definition) is 1. The molecule has 10 aliphatic carbocycles. The molecule has 0 aromatic heterocycles. The van der Waals surface area contributed by atoms with Gasteiger partial charge in [-0.3, -0.25) is 14.4 Å². The number of ketones is 1. The van der Waals surface area contributed by atoms with Crippen LogP contribution in [-0.2, 0) is 19.1 Å². The van der Waals surface area contributed by atoms with Crippen LogP contribution in [0, 0.1) is 113 Å². The molecular weight excluding hydrogens is 801 g/mol. The van der Waals surface area contributed by atoms with Gasteiger partial charge in [-0.2, -0.15) is 0 Å². The Kier molecular flexibility index (Phi) is 10.3. The molecule has 8 saturated carbocycles. The van der Waals surface area contributed by atoms with Crippen LogP contribution in [0.25, 0.3) is 0 Å². The fourth-order valence-corrected chi connectivity index (χ4v) is 21.9. The summed E-state index contributed by atoms with van der Waals surface area (Å²) >= 11 is 0. The Morgan fingerprint density at radius 2 is 1.03 bits per heavy atom. The van der Waals surface area contributed by atoms with Crippen molar-refractivity contribution < 1.29 is 24.2 Å². The van der Waals surface area contributed by atoms with Crippen LogP contribution in [0.1, 0.15) is 213 Å². The fourth-order valence-electron chi connectivity index (χ4n) is 21.9. The first-order valence-corrected chi connectivity index (χ1v) is 27.6. The Bertz CT molecular complexity index is 2090. The molecule has 0 aromatic carbocycles. The Morgan fingerprint density at radius 3 is 1.57 bits per heavy atom. The van der Waals surface area contributed by atoms with E-state index >= 15 is 4.79 Å². The highest BCUT2D eigenvalue weighted by molar-refractivity contribution is 5.85. The van der Waals surface area contributed by atoms with Crippen LogP contribution in [0.4, 0.5) is 0 Å². The third-order valence-corrected chi connectivity index (χ3v) is 26.7. The van der Waals surface area contributed by atoms with Crippen molar-refractivity contribution in [3.05, 3.63) is 23.3 Å². The summed E-state index contributed by atoms with van der Waals surface area (Å²) < 4.78 is 7.26. The topological polar surface area (TPSA) is 80.7 Å². The predicted octanol–water partition coefficient (Wildman–Crippen LogP) is 14.9. The largest absolute Gasteiger partial charge is 0.481 e. The highest BCUT2D eigenvalue weighted by Crippen LogP contribution is 2.78. The number of carbonyl (C=O) groups is 3. The summed E-state index contributed by atoms with van der Waals surface area (Å²) in [6.45, 7) is 34.7. The Balaban J connectivity index is 0.933. The summed E-state index contributed by atoms with van der Waals surface area (Å²) in [5.41, 5.74) is 2.16. The van der Waals surface area contributed by atoms with Crippen LogP contribution in [0.3, 0.4) is 0 Å². The minimum Gasteiger partial charge on any atom is -0.481 e. The number of carboxylic acids is 1. The lowest BCUT2D eigenvalue weighted by molar-refractivity contribution is -0.224. The summed E-state index contributed by atoms with van der Waals surface area (Å²) in [5, 5.41) is 10.9. The number of hydrogen-bond acceptors (Lipinski definition) is 4. The maximum atomic E-state index is 15.7. The number of ether oxygens (including phenoxy) is 1. The lowest BCUT2D eigenvalue weighted by Gasteiger charge is -2.71. The second-order valence-corrected chi connectivity index (χ2v) is 28.8. The summed E-state index contributed by atoms with van der Waals surface area (Å²) in [6.07, 6.45) is 23.3. The van der Waals surface area contributed by atoms with Gasteiger partial charge in [0.2, 0.25) is 0 Å². The molecule has 0 radical (unpaired) electrons. The van der Waals surface area contributed by atoms with Crippen LogP contribution in [0.5, 0.6) is 0 Å². The van der Waals surface area contributed by atoms with E-state index in [0.29, 0.717) is 53.1 Å². The molecule has 0 heterocycles. The van der Waals surface area contributed by atoms with E-state index in [9.17, 15) is 14.7 Å². The van der Waals surface area contributed by atoms with Crippen LogP contribution in [0.15, 0.2) is 23.3 Å². The van der Waals surface area contributed by atoms with E-state index in [-0.39, 0.29) is 67.2 Å². The zero-order chi connectivity index (χ0) is 47.1. The zero-order valence-corrected chi connectivity index (χ0v) is 43.8. The molecule has 362 valence electrons. The third kappa shape index (κ3) is 5.60.